The molecule has 1 atom stereocenters. The maximum absolute atomic E-state index is 14.0. The van der Waals surface area contributed by atoms with Crippen LogP contribution in [0.3, 0.4) is 0 Å². The summed E-state index contributed by atoms with van der Waals surface area (Å²) in [5.41, 5.74) is 1.67. The number of anilines is 1. The number of hydrogen-bond acceptors (Lipinski definition) is 5. The Kier molecular flexibility index (Phi) is 11.1. The van der Waals surface area contributed by atoms with Gasteiger partial charge in [-0.3, -0.25) is 13.9 Å². The lowest BCUT2D eigenvalue weighted by molar-refractivity contribution is -0.139. The normalized spacial score (nSPS) is 12.1. The van der Waals surface area contributed by atoms with Crippen molar-refractivity contribution in [3.63, 3.8) is 0 Å². The standard InChI is InChI=1S/C30H35Cl2N3O5S/c1-6-40-24-14-16-25(17-15-24)41(38,39)35(23-12-10-21(4)11-13-23)19-29(36)34(22(5)30(37)33-20(2)3)18-26-27(31)8-7-9-28(26)32/h7-17,20,22H,6,18-19H2,1-5H3,(H,33,37). The van der Waals surface area contributed by atoms with Crippen LogP contribution < -0.4 is 14.4 Å². The molecule has 0 heterocycles. The second kappa shape index (κ2) is 14.1. The summed E-state index contributed by atoms with van der Waals surface area (Å²) in [5.74, 6) is -0.479. The lowest BCUT2D eigenvalue weighted by Crippen LogP contribution is -2.52. The number of nitrogens with zero attached hydrogens (tertiary/aromatic N) is 2. The third kappa shape index (κ3) is 8.15. The predicted molar refractivity (Wildman–Crippen MR) is 163 cm³/mol. The summed E-state index contributed by atoms with van der Waals surface area (Å²) < 4.78 is 34.4. The average Bonchev–Trinajstić information content (AvgIpc) is 2.92. The zero-order valence-electron chi connectivity index (χ0n) is 23.7. The highest BCUT2D eigenvalue weighted by molar-refractivity contribution is 7.92. The Labute approximate surface area is 252 Å². The molecule has 1 unspecified atom stereocenters. The lowest BCUT2D eigenvalue weighted by Gasteiger charge is -2.32. The van der Waals surface area contributed by atoms with Gasteiger partial charge in [-0.25, -0.2) is 8.42 Å². The number of sulfonamides is 1. The number of ether oxygens (including phenoxy) is 1. The van der Waals surface area contributed by atoms with E-state index in [0.29, 0.717) is 33.7 Å². The van der Waals surface area contributed by atoms with Crippen LogP contribution in [0, 0.1) is 6.92 Å². The maximum Gasteiger partial charge on any atom is 0.264 e. The smallest absolute Gasteiger partial charge is 0.264 e. The molecule has 8 nitrogen and oxygen atoms in total. The fourth-order valence-corrected chi connectivity index (χ4v) is 6.01. The molecule has 3 rings (SSSR count). The van der Waals surface area contributed by atoms with Crippen molar-refractivity contribution in [2.45, 2.75) is 58.1 Å². The molecule has 0 aromatic heterocycles. The van der Waals surface area contributed by atoms with Crippen LogP contribution in [-0.2, 0) is 26.2 Å². The molecule has 0 bridgehead atoms. The van der Waals surface area contributed by atoms with Crippen LogP contribution in [0.5, 0.6) is 5.75 Å². The van der Waals surface area contributed by atoms with Gasteiger partial charge in [0.05, 0.1) is 17.2 Å². The van der Waals surface area contributed by atoms with Crippen LogP contribution in [0.1, 0.15) is 38.8 Å². The van der Waals surface area contributed by atoms with Crippen molar-refractivity contribution in [1.82, 2.24) is 10.2 Å². The molecule has 11 heteroatoms. The summed E-state index contributed by atoms with van der Waals surface area (Å²) in [5, 5.41) is 3.46. The van der Waals surface area contributed by atoms with Gasteiger partial charge in [0.25, 0.3) is 10.0 Å². The van der Waals surface area contributed by atoms with Gasteiger partial charge in [0.15, 0.2) is 0 Å². The van der Waals surface area contributed by atoms with E-state index in [4.69, 9.17) is 27.9 Å². The molecule has 2 amide bonds. The van der Waals surface area contributed by atoms with Crippen molar-refractivity contribution in [3.05, 3.63) is 87.9 Å². The highest BCUT2D eigenvalue weighted by Gasteiger charge is 2.33. The molecule has 3 aromatic rings. The zero-order chi connectivity index (χ0) is 30.3. The van der Waals surface area contributed by atoms with Crippen LogP contribution in [0.15, 0.2) is 71.6 Å². The minimum atomic E-state index is -4.20. The van der Waals surface area contributed by atoms with E-state index < -0.39 is 34.4 Å². The first-order valence-corrected chi connectivity index (χ1v) is 15.4. The summed E-state index contributed by atoms with van der Waals surface area (Å²) >= 11 is 12.8. The lowest BCUT2D eigenvalue weighted by atomic mass is 10.1. The van der Waals surface area contributed by atoms with E-state index in [1.165, 1.54) is 17.0 Å². The first-order valence-electron chi connectivity index (χ1n) is 13.2. The molecular weight excluding hydrogens is 585 g/mol. The summed E-state index contributed by atoms with van der Waals surface area (Å²) in [4.78, 5) is 28.3. The van der Waals surface area contributed by atoms with Crippen LogP contribution in [0.25, 0.3) is 0 Å². The molecule has 0 aliphatic carbocycles. The molecule has 41 heavy (non-hydrogen) atoms. The Hall–Kier alpha value is -3.27. The molecule has 3 aromatic carbocycles. The van der Waals surface area contributed by atoms with Crippen LogP contribution >= 0.6 is 23.2 Å². The zero-order valence-corrected chi connectivity index (χ0v) is 26.1. The van der Waals surface area contributed by atoms with E-state index in [1.54, 1.807) is 61.5 Å². The van der Waals surface area contributed by atoms with Crippen LogP contribution in [-0.4, -0.2) is 50.4 Å². The number of nitrogens with one attached hydrogen (secondary N) is 1. The SMILES string of the molecule is CCOc1ccc(S(=O)(=O)N(CC(=O)N(Cc2c(Cl)cccc2Cl)C(C)C(=O)NC(C)C)c2ccc(C)cc2)cc1. The number of halogens is 2. The van der Waals surface area contributed by atoms with Gasteiger partial charge in [0, 0.05) is 28.2 Å². The van der Waals surface area contributed by atoms with Crippen molar-refractivity contribution in [2.75, 3.05) is 17.5 Å². The monoisotopic (exact) mass is 619 g/mol. The molecule has 220 valence electrons. The number of carbonyl (C=O) groups is 2. The predicted octanol–water partition coefficient (Wildman–Crippen LogP) is 5.84. The fraction of sp³-hybridized carbons (Fsp3) is 0.333. The van der Waals surface area contributed by atoms with Crippen molar-refractivity contribution in [1.29, 1.82) is 0 Å². The second-order valence-electron chi connectivity index (χ2n) is 9.81. The van der Waals surface area contributed by atoms with E-state index in [1.807, 2.05) is 27.7 Å². The number of hydrogen-bond donors (Lipinski definition) is 1. The molecular formula is C30H35Cl2N3O5S. The van der Waals surface area contributed by atoms with E-state index in [0.717, 1.165) is 9.87 Å². The van der Waals surface area contributed by atoms with Gasteiger partial charge in [0.2, 0.25) is 11.8 Å². The van der Waals surface area contributed by atoms with Gasteiger partial charge >= 0.3 is 0 Å². The molecule has 0 aliphatic rings. The third-order valence-corrected chi connectivity index (χ3v) is 8.81. The summed E-state index contributed by atoms with van der Waals surface area (Å²) in [6.45, 7) is 8.68. The molecule has 0 fully saturated rings. The van der Waals surface area contributed by atoms with E-state index in [2.05, 4.69) is 5.32 Å². The minimum Gasteiger partial charge on any atom is -0.494 e. The quantitative estimate of drug-likeness (QED) is 0.275. The van der Waals surface area contributed by atoms with Crippen molar-refractivity contribution >= 4 is 50.7 Å². The maximum atomic E-state index is 14.0. The van der Waals surface area contributed by atoms with Crippen molar-refractivity contribution in [2.24, 2.45) is 0 Å². The Morgan fingerprint density at radius 1 is 0.927 bits per heavy atom. The van der Waals surface area contributed by atoms with Gasteiger partial charge in [-0.2, -0.15) is 0 Å². The Balaban J connectivity index is 2.05. The molecule has 1 N–H and O–H groups in total. The third-order valence-electron chi connectivity index (χ3n) is 6.31. The first-order chi connectivity index (χ1) is 19.3. The van der Waals surface area contributed by atoms with Crippen molar-refractivity contribution < 1.29 is 22.7 Å². The molecule has 0 saturated heterocycles. The van der Waals surface area contributed by atoms with Gasteiger partial charge in [-0.05, 0) is 83.1 Å². The highest BCUT2D eigenvalue weighted by atomic mass is 35.5. The minimum absolute atomic E-state index is 0.0133. The molecule has 0 spiro atoms. The highest BCUT2D eigenvalue weighted by Crippen LogP contribution is 2.29. The van der Waals surface area contributed by atoms with Crippen LogP contribution in [0.2, 0.25) is 10.0 Å². The van der Waals surface area contributed by atoms with E-state index >= 15 is 0 Å². The Morgan fingerprint density at radius 2 is 1.51 bits per heavy atom. The van der Waals surface area contributed by atoms with Gasteiger partial charge < -0.3 is 15.0 Å². The first kappa shape index (κ1) is 32.2. The number of rotatable bonds is 12. The topological polar surface area (TPSA) is 96.0 Å². The molecule has 0 aliphatic heterocycles. The number of aryl methyl sites for hydroxylation is 1. The summed E-state index contributed by atoms with van der Waals surface area (Å²) in [6, 6.07) is 16.6. The fourth-order valence-electron chi connectivity index (χ4n) is 4.08. The average molecular weight is 621 g/mol. The van der Waals surface area contributed by atoms with E-state index in [9.17, 15) is 18.0 Å². The number of amides is 2. The largest absolute Gasteiger partial charge is 0.494 e. The van der Waals surface area contributed by atoms with Crippen molar-refractivity contribution in [3.8, 4) is 5.75 Å². The molecule has 0 radical (unpaired) electrons. The van der Waals surface area contributed by atoms with Gasteiger partial charge in [0.1, 0.15) is 18.3 Å². The Morgan fingerprint density at radius 3 is 2.05 bits per heavy atom. The number of benzene rings is 3. The summed E-state index contributed by atoms with van der Waals surface area (Å²) in [6.07, 6.45) is 0. The van der Waals surface area contributed by atoms with Gasteiger partial charge in [-0.15, -0.1) is 0 Å². The molecule has 0 saturated carbocycles. The van der Waals surface area contributed by atoms with Crippen LogP contribution in [0.4, 0.5) is 5.69 Å². The second-order valence-corrected chi connectivity index (χ2v) is 12.5. The summed E-state index contributed by atoms with van der Waals surface area (Å²) in [7, 11) is -4.20. The Bertz CT molecular complexity index is 1440. The van der Waals surface area contributed by atoms with E-state index in [-0.39, 0.29) is 17.5 Å². The van der Waals surface area contributed by atoms with Gasteiger partial charge in [-0.1, -0.05) is 47.0 Å². The number of carbonyl (C=O) groups excluding carboxylic acids is 2.